The number of hydrogen-bond acceptors (Lipinski definition) is 12. The van der Waals surface area contributed by atoms with E-state index in [9.17, 15) is 30.7 Å². The van der Waals surface area contributed by atoms with Gasteiger partial charge in [0.2, 0.25) is 5.69 Å². The Hall–Kier alpha value is -3.20. The van der Waals surface area contributed by atoms with Crippen LogP contribution in [0.4, 0.5) is 17.1 Å². The largest absolute Gasteiger partial charge is 1.00 e. The number of nitrogens with one attached hydrogen (secondary N) is 1. The number of para-hydroxylation sites is 4. The number of methoxy groups -OCH3 is 1. The molecule has 1 saturated heterocycles. The van der Waals surface area contributed by atoms with Gasteiger partial charge < -0.3 is 41.4 Å². The van der Waals surface area contributed by atoms with Gasteiger partial charge in [-0.15, -0.1) is 0 Å². The average molecular weight is 1180 g/mol. The number of rotatable bonds is 24. The van der Waals surface area contributed by atoms with Gasteiger partial charge in [0.15, 0.2) is 5.71 Å². The first-order valence-corrected chi connectivity index (χ1v) is 31.3. The second-order valence-electron chi connectivity index (χ2n) is 21.6. The molecule has 3 heterocycles. The molecule has 0 aromatic heterocycles. The van der Waals surface area contributed by atoms with Crippen molar-refractivity contribution in [2.24, 2.45) is 0 Å². The molecule has 8 rings (SSSR count). The van der Waals surface area contributed by atoms with Gasteiger partial charge in [0, 0.05) is 107 Å². The van der Waals surface area contributed by atoms with Gasteiger partial charge in [-0.1, -0.05) is 92.7 Å². The fourth-order valence-corrected chi connectivity index (χ4v) is 13.6. The van der Waals surface area contributed by atoms with E-state index in [4.69, 9.17) is 4.74 Å². The Kier molecular flexibility index (Phi) is 25.8. The standard InChI is InChI=1S/C61H77N5O8S3.ClH.2Na/c1-60(2)50-22-7-9-24-52(50)65(38-15-17-44-76(68,69)70)56(60)34-30-46-20-19-21-47(31-35-57-61(3,4)51-23-8-10-25-53(51)66(57)39-16-18-45-77(71,72)73)58(46)75-49-32-28-48(29-33-49)59(67)62-36-13-6-14-37-63-40-42-64(43-41-63)54-26-11-12-27-55(54)74-5;;;/h7-12,22-35H,6,13-21,36-45H2,1-5H3,(H2-,62,67,68,69,70,71,72,73);1H;;/q;;2*+1/p-2. The second kappa shape index (κ2) is 30.6. The van der Waals surface area contributed by atoms with Crippen LogP contribution in [0.15, 0.2) is 148 Å². The SMILES string of the molecule is COc1ccccc1N1CCN(CCCCCNC(=O)c2ccc(SC3=C(/C=C/C4=[N+](CCCCS(=O)(=O)[O-])c5ccccc5C4(C)C)CCC/C3=C\C=C3\N(CCCCS(=O)(=O)[O-])c4ccccc4C3(C)C)cc2)CC1.[Cl-].[Na+].[Na+]. The van der Waals surface area contributed by atoms with E-state index in [1.165, 1.54) is 22.3 Å². The molecule has 1 aliphatic carbocycles. The predicted octanol–water partition coefficient (Wildman–Crippen LogP) is 1.85. The number of unbranched alkanes of at least 4 members (excludes halogenated alkanes) is 4. The number of ether oxygens (including phenoxy) is 1. The van der Waals surface area contributed by atoms with Crippen LogP contribution in [-0.4, -0.2) is 118 Å². The molecule has 4 aromatic carbocycles. The van der Waals surface area contributed by atoms with Gasteiger partial charge >= 0.3 is 59.1 Å². The molecule has 0 spiro atoms. The number of halogens is 1. The molecular weight excluding hydrogens is 1110 g/mol. The summed E-state index contributed by atoms with van der Waals surface area (Å²) in [5.41, 5.74) is 10.2. The summed E-state index contributed by atoms with van der Waals surface area (Å²) >= 11 is 1.70. The molecule has 0 radical (unpaired) electrons. The molecule has 13 nitrogen and oxygen atoms in total. The van der Waals surface area contributed by atoms with Gasteiger partial charge in [-0.3, -0.25) is 9.69 Å². The maximum atomic E-state index is 13.5. The third kappa shape index (κ3) is 17.4. The number of fused-ring (bicyclic) bond motifs is 2. The minimum Gasteiger partial charge on any atom is -1.00 e. The molecule has 19 heteroatoms. The van der Waals surface area contributed by atoms with Crippen LogP contribution < -0.4 is 91.4 Å². The summed E-state index contributed by atoms with van der Waals surface area (Å²) in [6.45, 7) is 15.6. The fourth-order valence-electron chi connectivity index (χ4n) is 11.4. The first-order valence-electron chi connectivity index (χ1n) is 27.3. The maximum Gasteiger partial charge on any atom is 1.00 e. The summed E-state index contributed by atoms with van der Waals surface area (Å²) in [5, 5.41) is 3.15. The van der Waals surface area contributed by atoms with Crippen LogP contribution in [0.1, 0.15) is 113 Å². The zero-order chi connectivity index (χ0) is 54.8. The molecule has 1 amide bonds. The number of anilines is 2. The van der Waals surface area contributed by atoms with E-state index in [1.807, 2.05) is 60.7 Å². The monoisotopic (exact) mass is 1180 g/mol. The Labute approximate surface area is 531 Å². The molecule has 4 aliphatic rings. The van der Waals surface area contributed by atoms with Crippen molar-refractivity contribution in [1.82, 2.24) is 10.2 Å². The molecule has 0 atom stereocenters. The van der Waals surface area contributed by atoms with Crippen LogP contribution in [-0.2, 0) is 31.1 Å². The topological polar surface area (TPSA) is 165 Å². The van der Waals surface area contributed by atoms with E-state index >= 15 is 0 Å². The number of piperazine rings is 1. The van der Waals surface area contributed by atoms with Crippen molar-refractivity contribution in [2.45, 2.75) is 108 Å². The normalized spacial score (nSPS) is 18.0. The number of thioether (sulfide) groups is 1. The van der Waals surface area contributed by atoms with Crippen LogP contribution >= 0.6 is 11.8 Å². The summed E-state index contributed by atoms with van der Waals surface area (Å²) in [6, 6.07) is 32.7. The zero-order valence-electron chi connectivity index (χ0n) is 47.8. The van der Waals surface area contributed by atoms with E-state index in [-0.39, 0.29) is 113 Å². The van der Waals surface area contributed by atoms with Gasteiger partial charge in [-0.05, 0) is 137 Å². The van der Waals surface area contributed by atoms with E-state index < -0.39 is 20.2 Å². The van der Waals surface area contributed by atoms with Crippen molar-refractivity contribution in [3.05, 3.63) is 160 Å². The molecule has 4 aromatic rings. The number of amides is 1. The summed E-state index contributed by atoms with van der Waals surface area (Å²) < 4.78 is 76.9. The zero-order valence-corrected chi connectivity index (χ0v) is 55.1. The van der Waals surface area contributed by atoms with E-state index in [1.54, 1.807) is 18.9 Å². The van der Waals surface area contributed by atoms with Crippen molar-refractivity contribution in [3.63, 3.8) is 0 Å². The number of carbonyl (C=O) groups is 1. The summed E-state index contributed by atoms with van der Waals surface area (Å²) in [5.74, 6) is 0.0517. The Morgan fingerprint density at radius 1 is 0.700 bits per heavy atom. The van der Waals surface area contributed by atoms with Crippen LogP contribution in [0, 0.1) is 0 Å². The maximum absolute atomic E-state index is 13.5. The van der Waals surface area contributed by atoms with Crippen LogP contribution in [0.5, 0.6) is 5.75 Å². The number of nitrogens with zero attached hydrogens (tertiary/aromatic N) is 4. The number of benzene rings is 4. The van der Waals surface area contributed by atoms with E-state index in [0.29, 0.717) is 38.0 Å². The molecule has 0 saturated carbocycles. The van der Waals surface area contributed by atoms with Gasteiger partial charge in [0.25, 0.3) is 5.91 Å². The van der Waals surface area contributed by atoms with Gasteiger partial charge in [0.1, 0.15) is 12.3 Å². The van der Waals surface area contributed by atoms with E-state index in [0.717, 1.165) is 115 Å². The Balaban J connectivity index is 0.00000392. The third-order valence-corrected chi connectivity index (χ3v) is 18.4. The van der Waals surface area contributed by atoms with Crippen molar-refractivity contribution < 1.29 is 112 Å². The molecule has 1 fully saturated rings. The van der Waals surface area contributed by atoms with E-state index in [2.05, 4.69) is 113 Å². The van der Waals surface area contributed by atoms with Crippen LogP contribution in [0.2, 0.25) is 0 Å². The molecule has 1 N–H and O–H groups in total. The molecule has 3 aliphatic heterocycles. The summed E-state index contributed by atoms with van der Waals surface area (Å²) in [6.07, 6.45) is 16.3. The van der Waals surface area contributed by atoms with Gasteiger partial charge in [-0.2, -0.15) is 4.58 Å². The first kappa shape index (κ1) is 67.6. The van der Waals surface area contributed by atoms with Crippen LogP contribution in [0.25, 0.3) is 0 Å². The van der Waals surface area contributed by atoms with Crippen molar-refractivity contribution in [3.8, 4) is 5.75 Å². The molecule has 420 valence electrons. The Bertz CT molecular complexity index is 3160. The van der Waals surface area contributed by atoms with Crippen molar-refractivity contribution in [2.75, 3.05) is 80.8 Å². The Morgan fingerprint density at radius 3 is 2.01 bits per heavy atom. The van der Waals surface area contributed by atoms with Gasteiger partial charge in [-0.25, -0.2) is 16.8 Å². The van der Waals surface area contributed by atoms with Crippen molar-refractivity contribution in [1.29, 1.82) is 0 Å². The minimum atomic E-state index is -4.31. The van der Waals surface area contributed by atoms with Crippen molar-refractivity contribution >= 4 is 60.7 Å². The molecule has 0 bridgehead atoms. The molecular formula is C61H76ClN5Na2O8S3. The smallest absolute Gasteiger partial charge is 1.00 e. The number of carbonyl (C=O) groups excluding carboxylic acids is 1. The third-order valence-electron chi connectivity index (χ3n) is 15.6. The minimum absolute atomic E-state index is 0. The fraction of sp³-hybridized carbons (Fsp3) is 0.443. The average Bonchev–Trinajstić information content (AvgIpc) is 3.76. The predicted molar refractivity (Wildman–Crippen MR) is 310 cm³/mol. The molecule has 80 heavy (non-hydrogen) atoms. The van der Waals surface area contributed by atoms with Gasteiger partial charge in [0.05, 0.1) is 38.4 Å². The second-order valence-corrected chi connectivity index (χ2v) is 25.8. The van der Waals surface area contributed by atoms with Crippen LogP contribution in [0.3, 0.4) is 0 Å². The number of hydrogen-bond donors (Lipinski definition) is 1. The summed E-state index contributed by atoms with van der Waals surface area (Å²) in [7, 11) is -6.90. The quantitative estimate of drug-likeness (QED) is 0.0470. The number of allylic oxidation sites excluding steroid dienone is 7. The molecule has 0 unspecified atom stereocenters. The Morgan fingerprint density at radius 2 is 1.32 bits per heavy atom. The summed E-state index contributed by atoms with van der Waals surface area (Å²) in [4.78, 5) is 22.8. The first-order chi connectivity index (χ1) is 36.8.